The second-order valence-electron chi connectivity index (χ2n) is 4.37. The van der Waals surface area contributed by atoms with Crippen molar-refractivity contribution in [3.8, 4) is 0 Å². The first-order valence-corrected chi connectivity index (χ1v) is 8.43. The van der Waals surface area contributed by atoms with E-state index in [9.17, 15) is 12.8 Å². The van der Waals surface area contributed by atoms with Gasteiger partial charge in [0.05, 0.1) is 4.90 Å². The summed E-state index contributed by atoms with van der Waals surface area (Å²) in [4.78, 5) is -0.00333. The maximum absolute atomic E-state index is 13.4. The van der Waals surface area contributed by atoms with Gasteiger partial charge in [0, 0.05) is 23.1 Å². The van der Waals surface area contributed by atoms with Crippen molar-refractivity contribution >= 4 is 26.0 Å². The zero-order chi connectivity index (χ0) is 15.5. The van der Waals surface area contributed by atoms with Crippen LogP contribution in [0.15, 0.2) is 51.8 Å². The number of rotatable bonds is 5. The molecule has 7 heteroatoms. The predicted octanol–water partition coefficient (Wildman–Crippen LogP) is 2.53. The molecular weight excluding hydrogens is 359 g/mol. The Morgan fingerprint density at radius 2 is 1.86 bits per heavy atom. The topological polar surface area (TPSA) is 72.2 Å². The Bertz CT molecular complexity index is 750. The van der Waals surface area contributed by atoms with E-state index in [1.165, 1.54) is 12.1 Å². The first-order chi connectivity index (χ1) is 9.94. The average Bonchev–Trinajstić information content (AvgIpc) is 2.46. The van der Waals surface area contributed by atoms with Crippen molar-refractivity contribution in [3.05, 3.63) is 63.9 Å². The summed E-state index contributed by atoms with van der Waals surface area (Å²) in [6, 6.07) is 10.9. The monoisotopic (exact) mass is 372 g/mol. The highest BCUT2D eigenvalue weighted by atomic mass is 79.9. The van der Waals surface area contributed by atoms with Gasteiger partial charge in [0.15, 0.2) is 0 Å². The fraction of sp³-hybridized carbons (Fsp3) is 0.143. The molecular formula is C14H14BrFN2O2S. The molecule has 2 aromatic carbocycles. The van der Waals surface area contributed by atoms with E-state index in [0.717, 1.165) is 16.1 Å². The van der Waals surface area contributed by atoms with Crippen LogP contribution in [0.4, 0.5) is 4.39 Å². The van der Waals surface area contributed by atoms with Crippen LogP contribution in [0.25, 0.3) is 0 Å². The summed E-state index contributed by atoms with van der Waals surface area (Å²) >= 11 is 3.35. The zero-order valence-corrected chi connectivity index (χ0v) is 13.4. The molecule has 0 unspecified atom stereocenters. The van der Waals surface area contributed by atoms with E-state index < -0.39 is 15.8 Å². The van der Waals surface area contributed by atoms with Gasteiger partial charge in [-0.2, -0.15) is 0 Å². The largest absolute Gasteiger partial charge is 0.326 e. The molecule has 0 atom stereocenters. The van der Waals surface area contributed by atoms with Crippen molar-refractivity contribution in [1.82, 2.24) is 4.72 Å². The van der Waals surface area contributed by atoms with E-state index in [1.807, 2.05) is 24.3 Å². The molecule has 0 aromatic heterocycles. The van der Waals surface area contributed by atoms with Crippen LogP contribution in [0.1, 0.15) is 11.1 Å². The third-order valence-electron chi connectivity index (χ3n) is 2.96. The van der Waals surface area contributed by atoms with Crippen LogP contribution in [0.3, 0.4) is 0 Å². The van der Waals surface area contributed by atoms with Gasteiger partial charge in [-0.3, -0.25) is 0 Å². The zero-order valence-electron chi connectivity index (χ0n) is 11.0. The molecule has 0 spiro atoms. The number of hydrogen-bond donors (Lipinski definition) is 2. The summed E-state index contributed by atoms with van der Waals surface area (Å²) in [6.45, 7) is 0.0819. The normalized spacial score (nSPS) is 11.6. The van der Waals surface area contributed by atoms with E-state index in [0.29, 0.717) is 0 Å². The minimum Gasteiger partial charge on any atom is -0.326 e. The number of hydrogen-bond acceptors (Lipinski definition) is 3. The Morgan fingerprint density at radius 3 is 2.52 bits per heavy atom. The minimum atomic E-state index is -3.72. The third kappa shape index (κ3) is 3.88. The molecule has 4 nitrogen and oxygen atoms in total. The van der Waals surface area contributed by atoms with Crippen LogP contribution in [0.5, 0.6) is 0 Å². The number of nitrogens with one attached hydrogen (secondary N) is 1. The van der Waals surface area contributed by atoms with Crippen molar-refractivity contribution < 1.29 is 12.8 Å². The summed E-state index contributed by atoms with van der Waals surface area (Å²) in [5, 5.41) is 0. The summed E-state index contributed by atoms with van der Waals surface area (Å²) < 4.78 is 41.1. The van der Waals surface area contributed by atoms with Gasteiger partial charge < -0.3 is 5.73 Å². The Hall–Kier alpha value is -1.28. The van der Waals surface area contributed by atoms with Crippen LogP contribution in [-0.4, -0.2) is 8.42 Å². The number of benzene rings is 2. The predicted molar refractivity (Wildman–Crippen MR) is 82.5 cm³/mol. The van der Waals surface area contributed by atoms with Gasteiger partial charge in [0.1, 0.15) is 5.82 Å². The minimum absolute atomic E-state index is 0.00333. The number of nitrogens with two attached hydrogens (primary N) is 1. The second-order valence-corrected chi connectivity index (χ2v) is 6.99. The molecule has 112 valence electrons. The molecule has 0 saturated heterocycles. The van der Waals surface area contributed by atoms with Gasteiger partial charge in [-0.15, -0.1) is 0 Å². The van der Waals surface area contributed by atoms with Gasteiger partial charge in [0.25, 0.3) is 0 Å². The molecule has 2 aromatic rings. The van der Waals surface area contributed by atoms with Crippen molar-refractivity contribution in [2.75, 3.05) is 0 Å². The smallest absolute Gasteiger partial charge is 0.240 e. The van der Waals surface area contributed by atoms with Crippen LogP contribution in [-0.2, 0) is 23.1 Å². The first kappa shape index (κ1) is 16.1. The lowest BCUT2D eigenvalue weighted by atomic mass is 10.2. The standard InChI is InChI=1S/C14H14BrFN2O2S/c15-13-4-2-1-3-10(13)9-18-21(19,20)12-5-6-14(16)11(7-12)8-17/h1-7,18H,8-9,17H2. The lowest BCUT2D eigenvalue weighted by Crippen LogP contribution is -2.23. The molecule has 3 N–H and O–H groups in total. The molecule has 21 heavy (non-hydrogen) atoms. The lowest BCUT2D eigenvalue weighted by Gasteiger charge is -2.09. The molecule has 0 aliphatic heterocycles. The van der Waals surface area contributed by atoms with Gasteiger partial charge >= 0.3 is 0 Å². The van der Waals surface area contributed by atoms with Gasteiger partial charge in [-0.1, -0.05) is 34.1 Å². The first-order valence-electron chi connectivity index (χ1n) is 6.15. The summed E-state index contributed by atoms with van der Waals surface area (Å²) in [6.07, 6.45) is 0. The maximum atomic E-state index is 13.4. The Labute approximate surface area is 131 Å². The highest BCUT2D eigenvalue weighted by Crippen LogP contribution is 2.18. The fourth-order valence-corrected chi connectivity index (χ4v) is 3.25. The molecule has 0 saturated carbocycles. The molecule has 0 heterocycles. The third-order valence-corrected chi connectivity index (χ3v) is 5.13. The van der Waals surface area contributed by atoms with Crippen LogP contribution < -0.4 is 10.5 Å². The average molecular weight is 373 g/mol. The van der Waals surface area contributed by atoms with E-state index in [2.05, 4.69) is 20.7 Å². The quantitative estimate of drug-likeness (QED) is 0.846. The lowest BCUT2D eigenvalue weighted by molar-refractivity contribution is 0.579. The molecule has 2 rings (SSSR count). The van der Waals surface area contributed by atoms with Gasteiger partial charge in [-0.25, -0.2) is 17.5 Å². The SMILES string of the molecule is NCc1cc(S(=O)(=O)NCc2ccccc2Br)ccc1F. The molecule has 0 radical (unpaired) electrons. The van der Waals surface area contributed by atoms with Crippen molar-refractivity contribution in [3.63, 3.8) is 0 Å². The second kappa shape index (κ2) is 6.65. The fourth-order valence-electron chi connectivity index (χ4n) is 1.77. The maximum Gasteiger partial charge on any atom is 0.240 e. The van der Waals surface area contributed by atoms with Crippen molar-refractivity contribution in [2.45, 2.75) is 18.0 Å². The number of halogens is 2. The Morgan fingerprint density at radius 1 is 1.14 bits per heavy atom. The molecule has 0 fully saturated rings. The van der Waals surface area contributed by atoms with Crippen LogP contribution in [0.2, 0.25) is 0 Å². The van der Waals surface area contributed by atoms with E-state index in [-0.39, 0.29) is 23.5 Å². The summed E-state index contributed by atoms with van der Waals surface area (Å²) in [5.74, 6) is -0.512. The number of sulfonamides is 1. The van der Waals surface area contributed by atoms with E-state index >= 15 is 0 Å². The molecule has 0 aliphatic rings. The van der Waals surface area contributed by atoms with Crippen molar-refractivity contribution in [2.24, 2.45) is 5.73 Å². The van der Waals surface area contributed by atoms with Crippen LogP contribution >= 0.6 is 15.9 Å². The molecule has 0 amide bonds. The van der Waals surface area contributed by atoms with Gasteiger partial charge in [-0.05, 0) is 29.8 Å². The van der Waals surface area contributed by atoms with Crippen molar-refractivity contribution in [1.29, 1.82) is 0 Å². The highest BCUT2D eigenvalue weighted by Gasteiger charge is 2.16. The Kier molecular flexibility index (Phi) is 5.10. The molecule has 0 aliphatic carbocycles. The van der Waals surface area contributed by atoms with E-state index in [4.69, 9.17) is 5.73 Å². The summed E-state index contributed by atoms with van der Waals surface area (Å²) in [7, 11) is -3.72. The van der Waals surface area contributed by atoms with Gasteiger partial charge in [0.2, 0.25) is 10.0 Å². The van der Waals surface area contributed by atoms with Crippen LogP contribution in [0, 0.1) is 5.82 Å². The van der Waals surface area contributed by atoms with E-state index in [1.54, 1.807) is 0 Å². The Balaban J connectivity index is 2.21. The summed E-state index contributed by atoms with van der Waals surface area (Å²) in [5.41, 5.74) is 6.36. The molecule has 0 bridgehead atoms. The highest BCUT2D eigenvalue weighted by molar-refractivity contribution is 9.10.